The van der Waals surface area contributed by atoms with Gasteiger partial charge in [0.1, 0.15) is 0 Å². The molecular formula is C21H26N2O3. The van der Waals surface area contributed by atoms with E-state index in [4.69, 9.17) is 4.74 Å². The van der Waals surface area contributed by atoms with Crippen LogP contribution in [0.1, 0.15) is 35.2 Å². The summed E-state index contributed by atoms with van der Waals surface area (Å²) in [4.78, 5) is 24.0. The molecule has 2 aromatic rings. The van der Waals surface area contributed by atoms with E-state index in [9.17, 15) is 9.59 Å². The molecule has 2 N–H and O–H groups in total. The van der Waals surface area contributed by atoms with Crippen molar-refractivity contribution in [2.45, 2.75) is 25.7 Å². The Hall–Kier alpha value is -2.66. The predicted octanol–water partition coefficient (Wildman–Crippen LogP) is 3.41. The number of carbonyl (C=O) groups is 2. The molecule has 2 amide bonds. The molecule has 26 heavy (non-hydrogen) atoms. The average Bonchev–Trinajstić information content (AvgIpc) is 2.66. The smallest absolute Gasteiger partial charge is 0.251 e. The lowest BCUT2D eigenvalue weighted by atomic mass is 10.1. The molecule has 0 radical (unpaired) electrons. The molecule has 138 valence electrons. The third kappa shape index (κ3) is 7.07. The Balaban J connectivity index is 1.72. The molecular weight excluding hydrogens is 328 g/mol. The van der Waals surface area contributed by atoms with E-state index in [0.29, 0.717) is 30.8 Å². The molecule has 0 bridgehead atoms. The first-order chi connectivity index (χ1) is 12.7. The van der Waals surface area contributed by atoms with Gasteiger partial charge in [-0.05, 0) is 49.1 Å². The fourth-order valence-electron chi connectivity index (χ4n) is 2.55. The molecule has 0 spiro atoms. The van der Waals surface area contributed by atoms with Crippen LogP contribution in [0.15, 0.2) is 54.6 Å². The summed E-state index contributed by atoms with van der Waals surface area (Å²) in [5.41, 5.74) is 2.51. The molecule has 0 aliphatic heterocycles. The number of nitrogens with one attached hydrogen (secondary N) is 2. The maximum absolute atomic E-state index is 12.0. The minimum absolute atomic E-state index is 0.0160. The van der Waals surface area contributed by atoms with Crippen LogP contribution in [-0.4, -0.2) is 32.1 Å². The first kappa shape index (κ1) is 19.7. The van der Waals surface area contributed by atoms with Crippen LogP contribution in [0.2, 0.25) is 0 Å². The predicted molar refractivity (Wildman–Crippen MR) is 103 cm³/mol. The molecule has 2 rings (SSSR count). The Labute approximate surface area is 154 Å². The number of amides is 2. The van der Waals surface area contributed by atoms with Gasteiger partial charge in [0.15, 0.2) is 0 Å². The van der Waals surface area contributed by atoms with Gasteiger partial charge in [-0.3, -0.25) is 9.59 Å². The van der Waals surface area contributed by atoms with Crippen molar-refractivity contribution in [3.8, 4) is 0 Å². The summed E-state index contributed by atoms with van der Waals surface area (Å²) in [7, 11) is 1.64. The zero-order valence-electron chi connectivity index (χ0n) is 15.2. The summed E-state index contributed by atoms with van der Waals surface area (Å²) in [5, 5.41) is 5.70. The molecule has 5 nitrogen and oxygen atoms in total. The third-order valence-corrected chi connectivity index (χ3v) is 3.95. The number of methoxy groups -OCH3 is 1. The van der Waals surface area contributed by atoms with Crippen LogP contribution in [0.3, 0.4) is 0 Å². The highest BCUT2D eigenvalue weighted by Crippen LogP contribution is 2.11. The summed E-state index contributed by atoms with van der Waals surface area (Å²) in [6.07, 6.45) is 2.93. The van der Waals surface area contributed by atoms with Crippen molar-refractivity contribution in [1.29, 1.82) is 0 Å². The summed E-state index contributed by atoms with van der Waals surface area (Å²) in [6.45, 7) is 1.20. The molecule has 0 aliphatic rings. The van der Waals surface area contributed by atoms with Gasteiger partial charge in [0.05, 0.1) is 0 Å². The molecule has 0 fully saturated rings. The van der Waals surface area contributed by atoms with Crippen LogP contribution in [0.5, 0.6) is 0 Å². The van der Waals surface area contributed by atoms with E-state index >= 15 is 0 Å². The van der Waals surface area contributed by atoms with Crippen molar-refractivity contribution in [3.63, 3.8) is 0 Å². The first-order valence-electron chi connectivity index (χ1n) is 8.90. The van der Waals surface area contributed by atoms with Crippen molar-refractivity contribution < 1.29 is 14.3 Å². The largest absolute Gasteiger partial charge is 0.385 e. The quantitative estimate of drug-likeness (QED) is 0.643. The normalized spacial score (nSPS) is 10.3. The standard InChI is InChI=1S/C21H26N2O3/c1-26-16-6-15-22-21(25)18-11-13-19(14-12-18)23-20(24)10-5-9-17-7-3-2-4-8-17/h2-4,7-8,11-14H,5-6,9-10,15-16H2,1H3,(H,22,25)(H,23,24). The number of carbonyl (C=O) groups excluding carboxylic acids is 2. The van der Waals surface area contributed by atoms with Crippen LogP contribution < -0.4 is 10.6 Å². The molecule has 0 saturated heterocycles. The van der Waals surface area contributed by atoms with Crippen LogP contribution in [0.25, 0.3) is 0 Å². The van der Waals surface area contributed by atoms with E-state index < -0.39 is 0 Å². The average molecular weight is 354 g/mol. The van der Waals surface area contributed by atoms with Crippen LogP contribution >= 0.6 is 0 Å². The number of hydrogen-bond donors (Lipinski definition) is 2. The van der Waals surface area contributed by atoms with Crippen LogP contribution in [0.4, 0.5) is 5.69 Å². The van der Waals surface area contributed by atoms with Gasteiger partial charge in [0.2, 0.25) is 5.91 Å². The van der Waals surface area contributed by atoms with E-state index in [-0.39, 0.29) is 11.8 Å². The number of hydrogen-bond acceptors (Lipinski definition) is 3. The maximum Gasteiger partial charge on any atom is 0.251 e. The minimum atomic E-state index is -0.123. The second kappa shape index (κ2) is 11.1. The van der Waals surface area contributed by atoms with Gasteiger partial charge in [0.25, 0.3) is 5.91 Å². The maximum atomic E-state index is 12.0. The van der Waals surface area contributed by atoms with E-state index in [1.54, 1.807) is 31.4 Å². The summed E-state index contributed by atoms with van der Waals surface area (Å²) >= 11 is 0. The Morgan fingerprint density at radius 2 is 1.69 bits per heavy atom. The topological polar surface area (TPSA) is 67.4 Å². The van der Waals surface area contributed by atoms with Gasteiger partial charge in [-0.1, -0.05) is 30.3 Å². The highest BCUT2D eigenvalue weighted by Gasteiger charge is 2.06. The van der Waals surface area contributed by atoms with Crippen molar-refractivity contribution >= 4 is 17.5 Å². The van der Waals surface area contributed by atoms with Gasteiger partial charge in [0, 0.05) is 37.9 Å². The number of benzene rings is 2. The number of anilines is 1. The van der Waals surface area contributed by atoms with Crippen molar-refractivity contribution in [1.82, 2.24) is 5.32 Å². The van der Waals surface area contributed by atoms with Gasteiger partial charge in [-0.25, -0.2) is 0 Å². The Bertz CT molecular complexity index is 684. The van der Waals surface area contributed by atoms with E-state index in [1.165, 1.54) is 5.56 Å². The molecule has 0 saturated carbocycles. The van der Waals surface area contributed by atoms with E-state index in [2.05, 4.69) is 22.8 Å². The lowest BCUT2D eigenvalue weighted by Crippen LogP contribution is -2.25. The molecule has 0 heterocycles. The fraction of sp³-hybridized carbons (Fsp3) is 0.333. The second-order valence-corrected chi connectivity index (χ2v) is 6.07. The van der Waals surface area contributed by atoms with Gasteiger partial charge in [-0.15, -0.1) is 0 Å². The molecule has 0 aliphatic carbocycles. The Morgan fingerprint density at radius 3 is 2.38 bits per heavy atom. The Morgan fingerprint density at radius 1 is 0.962 bits per heavy atom. The third-order valence-electron chi connectivity index (χ3n) is 3.95. The SMILES string of the molecule is COCCCNC(=O)c1ccc(NC(=O)CCCc2ccccc2)cc1. The zero-order chi connectivity index (χ0) is 18.6. The molecule has 0 aromatic heterocycles. The van der Waals surface area contributed by atoms with Gasteiger partial charge >= 0.3 is 0 Å². The lowest BCUT2D eigenvalue weighted by Gasteiger charge is -2.08. The fourth-order valence-corrected chi connectivity index (χ4v) is 2.55. The second-order valence-electron chi connectivity index (χ2n) is 6.07. The molecule has 0 atom stereocenters. The monoisotopic (exact) mass is 354 g/mol. The summed E-state index contributed by atoms with van der Waals surface area (Å²) in [6, 6.07) is 17.1. The zero-order valence-corrected chi connectivity index (χ0v) is 15.2. The lowest BCUT2D eigenvalue weighted by molar-refractivity contribution is -0.116. The highest BCUT2D eigenvalue weighted by atomic mass is 16.5. The molecule has 2 aromatic carbocycles. The summed E-state index contributed by atoms with van der Waals surface area (Å²) < 4.78 is 4.94. The van der Waals surface area contributed by atoms with Crippen molar-refractivity contribution in [2.24, 2.45) is 0 Å². The first-order valence-corrected chi connectivity index (χ1v) is 8.90. The molecule has 0 unspecified atom stereocenters. The van der Waals surface area contributed by atoms with Crippen molar-refractivity contribution in [3.05, 3.63) is 65.7 Å². The number of ether oxygens (including phenoxy) is 1. The number of rotatable bonds is 10. The van der Waals surface area contributed by atoms with Gasteiger partial charge < -0.3 is 15.4 Å². The van der Waals surface area contributed by atoms with Gasteiger partial charge in [-0.2, -0.15) is 0 Å². The van der Waals surface area contributed by atoms with E-state index in [1.807, 2.05) is 18.2 Å². The van der Waals surface area contributed by atoms with Crippen LogP contribution in [-0.2, 0) is 16.0 Å². The number of aryl methyl sites for hydroxylation is 1. The summed E-state index contributed by atoms with van der Waals surface area (Å²) in [5.74, 6) is -0.139. The minimum Gasteiger partial charge on any atom is -0.385 e. The Kier molecular flexibility index (Phi) is 8.36. The van der Waals surface area contributed by atoms with E-state index in [0.717, 1.165) is 19.3 Å². The van der Waals surface area contributed by atoms with Crippen LogP contribution in [0, 0.1) is 0 Å². The van der Waals surface area contributed by atoms with Crippen molar-refractivity contribution in [2.75, 3.05) is 25.6 Å². The highest BCUT2D eigenvalue weighted by molar-refractivity contribution is 5.95. The molecule has 5 heteroatoms.